The van der Waals surface area contributed by atoms with Gasteiger partial charge < -0.3 is 10.6 Å². The number of primary amides is 1. The third kappa shape index (κ3) is 3.06. The second-order valence-electron chi connectivity index (χ2n) is 4.27. The van der Waals surface area contributed by atoms with E-state index in [0.29, 0.717) is 17.5 Å². The molecule has 1 aliphatic rings. The van der Waals surface area contributed by atoms with Crippen molar-refractivity contribution in [2.75, 3.05) is 18.0 Å². The van der Waals surface area contributed by atoms with Crippen molar-refractivity contribution >= 4 is 23.3 Å². The van der Waals surface area contributed by atoms with Gasteiger partial charge in [-0.3, -0.25) is 4.79 Å². The quantitative estimate of drug-likeness (QED) is 0.880. The average Bonchev–Trinajstić information content (AvgIpc) is 2.30. The highest BCUT2D eigenvalue weighted by Crippen LogP contribution is 2.26. The Morgan fingerprint density at radius 2 is 2.06 bits per heavy atom. The summed E-state index contributed by atoms with van der Waals surface area (Å²) in [5.41, 5.74) is 5.20. The molecule has 0 spiro atoms. The molecule has 0 radical (unpaired) electrons. The lowest BCUT2D eigenvalue weighted by molar-refractivity contribution is -0.119. The number of hydrogen-bond donors (Lipinski definition) is 1. The Labute approximate surface area is 105 Å². The van der Waals surface area contributed by atoms with Gasteiger partial charge in [-0.2, -0.15) is 0 Å². The molecule has 0 saturated carbocycles. The molecular weight excluding hydrogens is 240 g/mol. The van der Waals surface area contributed by atoms with E-state index in [9.17, 15) is 4.79 Å². The second kappa shape index (κ2) is 5.31. The Morgan fingerprint density at radius 1 is 1.41 bits per heavy atom. The van der Waals surface area contributed by atoms with Gasteiger partial charge in [-0.05, 0) is 18.8 Å². The first-order chi connectivity index (χ1) is 8.16. The summed E-state index contributed by atoms with van der Waals surface area (Å²) in [4.78, 5) is 21.2. The molecule has 2 rings (SSSR count). The summed E-state index contributed by atoms with van der Waals surface area (Å²) in [7, 11) is 0. The Bertz CT molecular complexity index is 404. The molecule has 1 aromatic rings. The molecule has 0 atom stereocenters. The molecule has 17 heavy (non-hydrogen) atoms. The smallest absolute Gasteiger partial charge is 0.217 e. The van der Waals surface area contributed by atoms with Crippen molar-refractivity contribution in [1.82, 2.24) is 9.97 Å². The van der Waals surface area contributed by atoms with Crippen molar-refractivity contribution in [2.24, 2.45) is 11.7 Å². The molecule has 0 aromatic carbocycles. The summed E-state index contributed by atoms with van der Waals surface area (Å²) >= 11 is 5.99. The molecule has 92 valence electrons. The molecule has 2 N–H and O–H groups in total. The van der Waals surface area contributed by atoms with Crippen molar-refractivity contribution in [2.45, 2.75) is 19.3 Å². The maximum absolute atomic E-state index is 10.8. The second-order valence-corrected chi connectivity index (χ2v) is 4.63. The van der Waals surface area contributed by atoms with Gasteiger partial charge in [0.15, 0.2) is 11.0 Å². The van der Waals surface area contributed by atoms with Crippen LogP contribution >= 0.6 is 11.6 Å². The van der Waals surface area contributed by atoms with Gasteiger partial charge >= 0.3 is 0 Å². The summed E-state index contributed by atoms with van der Waals surface area (Å²) in [6.07, 6.45) is 5.57. The Morgan fingerprint density at radius 3 is 2.65 bits per heavy atom. The van der Waals surface area contributed by atoms with Gasteiger partial charge in [-0.25, -0.2) is 9.97 Å². The van der Waals surface area contributed by atoms with Crippen molar-refractivity contribution in [3.05, 3.63) is 17.5 Å². The summed E-state index contributed by atoms with van der Waals surface area (Å²) in [6, 6.07) is 0. The summed E-state index contributed by atoms with van der Waals surface area (Å²) in [5, 5.41) is 0.431. The van der Waals surface area contributed by atoms with E-state index in [4.69, 9.17) is 17.3 Å². The predicted molar refractivity (Wildman–Crippen MR) is 65.8 cm³/mol. The van der Waals surface area contributed by atoms with Crippen LogP contribution in [-0.2, 0) is 4.79 Å². The van der Waals surface area contributed by atoms with Crippen LogP contribution in [0.5, 0.6) is 0 Å². The summed E-state index contributed by atoms with van der Waals surface area (Å²) in [5.74, 6) is 0.895. The van der Waals surface area contributed by atoms with E-state index >= 15 is 0 Å². The zero-order chi connectivity index (χ0) is 12.3. The highest BCUT2D eigenvalue weighted by atomic mass is 35.5. The fourth-order valence-corrected chi connectivity index (χ4v) is 2.38. The van der Waals surface area contributed by atoms with Gasteiger partial charge in [0, 0.05) is 31.9 Å². The maximum atomic E-state index is 10.8. The molecule has 0 aliphatic carbocycles. The summed E-state index contributed by atoms with van der Waals surface area (Å²) in [6.45, 7) is 1.69. The number of hydrogen-bond acceptors (Lipinski definition) is 4. The molecule has 1 fully saturated rings. The average molecular weight is 255 g/mol. The number of anilines is 1. The summed E-state index contributed by atoms with van der Waals surface area (Å²) < 4.78 is 0. The van der Waals surface area contributed by atoms with E-state index in [2.05, 4.69) is 14.9 Å². The molecule has 1 amide bonds. The zero-order valence-electron chi connectivity index (χ0n) is 9.47. The van der Waals surface area contributed by atoms with Gasteiger partial charge in [-0.15, -0.1) is 0 Å². The Balaban J connectivity index is 1.95. The Hall–Kier alpha value is -1.36. The first-order valence-electron chi connectivity index (χ1n) is 5.66. The lowest BCUT2D eigenvalue weighted by atomic mass is 9.93. The van der Waals surface area contributed by atoms with Crippen molar-refractivity contribution in [3.63, 3.8) is 0 Å². The number of amides is 1. The molecule has 0 unspecified atom stereocenters. The molecule has 6 heteroatoms. The van der Waals surface area contributed by atoms with Crippen molar-refractivity contribution in [3.8, 4) is 0 Å². The first-order valence-corrected chi connectivity index (χ1v) is 6.04. The van der Waals surface area contributed by atoms with Crippen LogP contribution < -0.4 is 10.6 Å². The standard InChI is InChI=1S/C11H15ClN4O/c12-10-11(15-4-3-14-10)16-5-1-8(2-6-16)7-9(13)17/h3-4,8H,1-2,5-7H2,(H2,13,17). The van der Waals surface area contributed by atoms with Gasteiger partial charge in [0.1, 0.15) is 0 Å². The molecule has 1 aliphatic heterocycles. The molecule has 1 aromatic heterocycles. The minimum absolute atomic E-state index is 0.221. The van der Waals surface area contributed by atoms with E-state index in [1.165, 1.54) is 0 Å². The number of rotatable bonds is 3. The third-order valence-corrected chi connectivity index (χ3v) is 3.31. The van der Waals surface area contributed by atoms with Crippen molar-refractivity contribution in [1.29, 1.82) is 0 Å². The van der Waals surface area contributed by atoms with E-state index in [1.54, 1.807) is 12.4 Å². The maximum Gasteiger partial charge on any atom is 0.217 e. The van der Waals surface area contributed by atoms with Gasteiger partial charge in [-0.1, -0.05) is 11.6 Å². The number of aromatic nitrogens is 2. The predicted octanol–water partition coefficient (Wildman–Crippen LogP) is 1.22. The Kier molecular flexibility index (Phi) is 3.78. The van der Waals surface area contributed by atoms with Gasteiger partial charge in [0.05, 0.1) is 0 Å². The van der Waals surface area contributed by atoms with Crippen LogP contribution in [0.4, 0.5) is 5.82 Å². The molecule has 1 saturated heterocycles. The SMILES string of the molecule is NC(=O)CC1CCN(c2nccnc2Cl)CC1. The molecular formula is C11H15ClN4O. The van der Waals surface area contributed by atoms with Crippen LogP contribution in [-0.4, -0.2) is 29.0 Å². The van der Waals surface area contributed by atoms with Crippen LogP contribution in [0.1, 0.15) is 19.3 Å². The molecule has 5 nitrogen and oxygen atoms in total. The highest BCUT2D eigenvalue weighted by molar-refractivity contribution is 6.31. The number of nitrogens with two attached hydrogens (primary N) is 1. The normalized spacial score (nSPS) is 17.1. The third-order valence-electron chi connectivity index (χ3n) is 3.04. The van der Waals surface area contributed by atoms with Crippen molar-refractivity contribution < 1.29 is 4.79 Å². The molecule has 0 bridgehead atoms. The number of nitrogens with zero attached hydrogens (tertiary/aromatic N) is 3. The van der Waals surface area contributed by atoms with E-state index in [0.717, 1.165) is 31.7 Å². The number of piperidine rings is 1. The van der Waals surface area contributed by atoms with Crippen LogP contribution in [0.3, 0.4) is 0 Å². The van der Waals surface area contributed by atoms with Gasteiger partial charge in [0.2, 0.25) is 5.91 Å². The minimum atomic E-state index is -0.221. The first kappa shape index (κ1) is 12.1. The molecule has 2 heterocycles. The number of carbonyl (C=O) groups excluding carboxylic acids is 1. The van der Waals surface area contributed by atoms with Crippen LogP contribution in [0.2, 0.25) is 5.15 Å². The number of halogens is 1. The van der Waals surface area contributed by atoms with E-state index in [1.807, 2.05) is 0 Å². The number of carbonyl (C=O) groups is 1. The fourth-order valence-electron chi connectivity index (χ4n) is 2.16. The lowest BCUT2D eigenvalue weighted by Gasteiger charge is -2.32. The van der Waals surface area contributed by atoms with Crippen LogP contribution in [0.15, 0.2) is 12.4 Å². The van der Waals surface area contributed by atoms with Crippen LogP contribution in [0.25, 0.3) is 0 Å². The minimum Gasteiger partial charge on any atom is -0.370 e. The van der Waals surface area contributed by atoms with E-state index < -0.39 is 0 Å². The highest BCUT2D eigenvalue weighted by Gasteiger charge is 2.22. The lowest BCUT2D eigenvalue weighted by Crippen LogP contribution is -2.35. The van der Waals surface area contributed by atoms with Crippen LogP contribution in [0, 0.1) is 5.92 Å². The van der Waals surface area contributed by atoms with Gasteiger partial charge in [0.25, 0.3) is 0 Å². The van der Waals surface area contributed by atoms with E-state index in [-0.39, 0.29) is 5.91 Å². The monoisotopic (exact) mass is 254 g/mol. The topological polar surface area (TPSA) is 72.1 Å². The zero-order valence-corrected chi connectivity index (χ0v) is 10.2. The largest absolute Gasteiger partial charge is 0.370 e. The fraction of sp³-hybridized carbons (Fsp3) is 0.545.